The van der Waals surface area contributed by atoms with Crippen molar-refractivity contribution in [3.05, 3.63) is 46.0 Å². The van der Waals surface area contributed by atoms with Gasteiger partial charge in [-0.2, -0.15) is 0 Å². The lowest BCUT2D eigenvalue weighted by Crippen LogP contribution is -2.36. The van der Waals surface area contributed by atoms with E-state index in [1.807, 2.05) is 17.7 Å². The third-order valence-electron chi connectivity index (χ3n) is 2.90. The minimum Gasteiger partial charge on any atom is -0.352 e. The fourth-order valence-electron chi connectivity index (χ4n) is 1.69. The van der Waals surface area contributed by atoms with Gasteiger partial charge >= 0.3 is 0 Å². The minimum atomic E-state index is 0. The van der Waals surface area contributed by atoms with Gasteiger partial charge in [-0.1, -0.05) is 29.3 Å². The van der Waals surface area contributed by atoms with Crippen LogP contribution >= 0.6 is 47.2 Å². The Bertz CT molecular complexity index is 643. The van der Waals surface area contributed by atoms with Crippen LogP contribution in [0.25, 0.3) is 0 Å². The van der Waals surface area contributed by atoms with Crippen molar-refractivity contribution >= 4 is 53.1 Å². The number of guanidine groups is 1. The number of aromatic nitrogens is 3. The Labute approximate surface area is 156 Å². The van der Waals surface area contributed by atoms with Crippen LogP contribution in [-0.4, -0.2) is 27.8 Å². The molecule has 0 spiro atoms. The van der Waals surface area contributed by atoms with Crippen LogP contribution in [0.15, 0.2) is 29.5 Å². The molecule has 0 amide bonds. The first-order valence-corrected chi connectivity index (χ1v) is 7.07. The van der Waals surface area contributed by atoms with E-state index in [-0.39, 0.29) is 24.0 Å². The molecule has 0 saturated carbocycles. The van der Waals surface area contributed by atoms with E-state index in [1.165, 1.54) is 0 Å². The molecule has 0 unspecified atom stereocenters. The third-order valence-corrected chi connectivity index (χ3v) is 3.49. The molecule has 6 nitrogen and oxygen atoms in total. The Hall–Kier alpha value is -1.06. The van der Waals surface area contributed by atoms with Crippen molar-refractivity contribution in [1.82, 2.24) is 25.4 Å². The van der Waals surface area contributed by atoms with Crippen LogP contribution in [0.3, 0.4) is 0 Å². The number of nitrogens with zero attached hydrogens (tertiary/aromatic N) is 4. The van der Waals surface area contributed by atoms with Gasteiger partial charge in [0.15, 0.2) is 11.8 Å². The van der Waals surface area contributed by atoms with Crippen molar-refractivity contribution < 1.29 is 0 Å². The highest BCUT2D eigenvalue weighted by atomic mass is 127. The number of rotatable bonds is 4. The molecule has 0 radical (unpaired) electrons. The Morgan fingerprint density at radius 1 is 1.27 bits per heavy atom. The predicted octanol–water partition coefficient (Wildman–Crippen LogP) is 2.61. The second-order valence-corrected chi connectivity index (χ2v) is 5.22. The number of aryl methyl sites for hydroxylation is 1. The Kier molecular flexibility index (Phi) is 7.91. The standard InChI is InChI=1S/C13H16Cl2N6.HI/c1-16-13(18-7-12-20-19-8-21(12)2)17-6-9-3-4-10(14)5-11(9)15;/h3-5,8H,6-7H2,1-2H3,(H2,16,17,18);1H. The van der Waals surface area contributed by atoms with Crippen molar-refractivity contribution in [2.24, 2.45) is 12.0 Å². The number of nitrogens with one attached hydrogen (secondary N) is 2. The summed E-state index contributed by atoms with van der Waals surface area (Å²) >= 11 is 12.0. The maximum absolute atomic E-state index is 6.13. The molecule has 0 aliphatic carbocycles. The number of hydrogen-bond donors (Lipinski definition) is 2. The monoisotopic (exact) mass is 454 g/mol. The molecule has 0 bridgehead atoms. The van der Waals surface area contributed by atoms with Gasteiger partial charge in [-0.05, 0) is 17.7 Å². The zero-order chi connectivity index (χ0) is 15.2. The van der Waals surface area contributed by atoms with Crippen molar-refractivity contribution in [3.8, 4) is 0 Å². The van der Waals surface area contributed by atoms with Gasteiger partial charge in [-0.3, -0.25) is 4.99 Å². The lowest BCUT2D eigenvalue weighted by Gasteiger charge is -2.12. The first-order valence-electron chi connectivity index (χ1n) is 6.31. The van der Waals surface area contributed by atoms with Crippen LogP contribution in [0, 0.1) is 0 Å². The predicted molar refractivity (Wildman–Crippen MR) is 99.9 cm³/mol. The summed E-state index contributed by atoms with van der Waals surface area (Å²) in [4.78, 5) is 4.15. The third kappa shape index (κ3) is 5.29. The molecule has 120 valence electrons. The van der Waals surface area contributed by atoms with Gasteiger partial charge in [0.1, 0.15) is 6.33 Å². The molecule has 0 saturated heterocycles. The highest BCUT2D eigenvalue weighted by Gasteiger charge is 2.05. The van der Waals surface area contributed by atoms with Crippen LogP contribution in [0.2, 0.25) is 10.0 Å². The molecule has 0 aliphatic rings. The van der Waals surface area contributed by atoms with Crippen LogP contribution in [0.1, 0.15) is 11.4 Å². The molecule has 2 N–H and O–H groups in total. The zero-order valence-electron chi connectivity index (χ0n) is 12.2. The molecular weight excluding hydrogens is 438 g/mol. The van der Waals surface area contributed by atoms with Gasteiger partial charge in [-0.25, -0.2) is 0 Å². The summed E-state index contributed by atoms with van der Waals surface area (Å²) in [7, 11) is 3.59. The Balaban J connectivity index is 0.00000242. The van der Waals surface area contributed by atoms with Gasteiger partial charge in [0.2, 0.25) is 0 Å². The van der Waals surface area contributed by atoms with E-state index in [4.69, 9.17) is 23.2 Å². The number of halogens is 3. The van der Waals surface area contributed by atoms with Crippen LogP contribution in [-0.2, 0) is 20.1 Å². The van der Waals surface area contributed by atoms with Crippen LogP contribution in [0.4, 0.5) is 0 Å². The van der Waals surface area contributed by atoms with E-state index in [0.717, 1.165) is 11.4 Å². The lowest BCUT2D eigenvalue weighted by atomic mass is 10.2. The first kappa shape index (κ1) is 19.0. The fraction of sp³-hybridized carbons (Fsp3) is 0.308. The van der Waals surface area contributed by atoms with Gasteiger partial charge < -0.3 is 15.2 Å². The molecule has 1 aromatic carbocycles. The summed E-state index contributed by atoms with van der Waals surface area (Å²) in [5, 5.41) is 15.4. The van der Waals surface area contributed by atoms with E-state index in [0.29, 0.717) is 29.1 Å². The maximum atomic E-state index is 6.13. The molecule has 0 atom stereocenters. The summed E-state index contributed by atoms with van der Waals surface area (Å²) in [6.07, 6.45) is 1.65. The van der Waals surface area contributed by atoms with Crippen molar-refractivity contribution in [3.63, 3.8) is 0 Å². The molecule has 2 aromatic rings. The number of aliphatic imine (C=N–C) groups is 1. The summed E-state index contributed by atoms with van der Waals surface area (Å²) in [6, 6.07) is 5.41. The average Bonchev–Trinajstić information content (AvgIpc) is 2.86. The van der Waals surface area contributed by atoms with E-state index in [9.17, 15) is 0 Å². The smallest absolute Gasteiger partial charge is 0.191 e. The SMILES string of the molecule is CN=C(NCc1ccc(Cl)cc1Cl)NCc1nncn1C.I. The fourth-order valence-corrected chi connectivity index (χ4v) is 2.17. The maximum Gasteiger partial charge on any atom is 0.191 e. The Morgan fingerprint density at radius 2 is 2.00 bits per heavy atom. The molecule has 2 rings (SSSR count). The van der Waals surface area contributed by atoms with E-state index in [2.05, 4.69) is 25.8 Å². The van der Waals surface area contributed by atoms with Gasteiger partial charge in [0, 0.05) is 30.7 Å². The summed E-state index contributed by atoms with van der Waals surface area (Å²) in [5.41, 5.74) is 0.947. The van der Waals surface area contributed by atoms with Crippen LogP contribution < -0.4 is 10.6 Å². The van der Waals surface area contributed by atoms with E-state index < -0.39 is 0 Å². The Morgan fingerprint density at radius 3 is 2.59 bits per heavy atom. The minimum absolute atomic E-state index is 0. The molecule has 0 aliphatic heterocycles. The largest absolute Gasteiger partial charge is 0.352 e. The molecule has 1 aromatic heterocycles. The quantitative estimate of drug-likeness (QED) is 0.423. The summed E-state index contributed by atoms with van der Waals surface area (Å²) in [6.45, 7) is 1.08. The summed E-state index contributed by atoms with van der Waals surface area (Å²) in [5.74, 6) is 1.48. The average molecular weight is 455 g/mol. The normalized spacial score (nSPS) is 11.0. The zero-order valence-corrected chi connectivity index (χ0v) is 16.0. The second kappa shape index (κ2) is 9.16. The van der Waals surface area contributed by atoms with Crippen LogP contribution in [0.5, 0.6) is 0 Å². The highest BCUT2D eigenvalue weighted by molar-refractivity contribution is 14.0. The van der Waals surface area contributed by atoms with Gasteiger partial charge in [0.05, 0.1) is 6.54 Å². The van der Waals surface area contributed by atoms with Crippen molar-refractivity contribution in [2.45, 2.75) is 13.1 Å². The lowest BCUT2D eigenvalue weighted by molar-refractivity contribution is 0.725. The number of benzene rings is 1. The molecule has 22 heavy (non-hydrogen) atoms. The second-order valence-electron chi connectivity index (χ2n) is 4.37. The molecule has 9 heteroatoms. The highest BCUT2D eigenvalue weighted by Crippen LogP contribution is 2.20. The number of hydrogen-bond acceptors (Lipinski definition) is 3. The molecule has 0 fully saturated rings. The van der Waals surface area contributed by atoms with E-state index >= 15 is 0 Å². The van der Waals surface area contributed by atoms with Gasteiger partial charge in [-0.15, -0.1) is 34.2 Å². The first-order chi connectivity index (χ1) is 10.1. The topological polar surface area (TPSA) is 67.1 Å². The van der Waals surface area contributed by atoms with Crippen molar-refractivity contribution in [2.75, 3.05) is 7.05 Å². The molecular formula is C13H17Cl2IN6. The van der Waals surface area contributed by atoms with Crippen molar-refractivity contribution in [1.29, 1.82) is 0 Å². The van der Waals surface area contributed by atoms with Gasteiger partial charge in [0.25, 0.3) is 0 Å². The summed E-state index contributed by atoms with van der Waals surface area (Å²) < 4.78 is 1.84. The van der Waals surface area contributed by atoms with E-state index in [1.54, 1.807) is 25.5 Å². The molecule has 1 heterocycles.